The average molecular weight is 523 g/mol. The van der Waals surface area contributed by atoms with Crippen LogP contribution in [0.2, 0.25) is 0 Å². The van der Waals surface area contributed by atoms with Gasteiger partial charge in [0.1, 0.15) is 5.60 Å². The number of amides is 1. The van der Waals surface area contributed by atoms with Gasteiger partial charge in [-0.25, -0.2) is 9.59 Å². The highest BCUT2D eigenvalue weighted by Gasteiger charge is 2.47. The predicted molar refractivity (Wildman–Crippen MR) is 146 cm³/mol. The van der Waals surface area contributed by atoms with E-state index in [0.29, 0.717) is 18.8 Å². The molecule has 4 rings (SSSR count). The summed E-state index contributed by atoms with van der Waals surface area (Å²) in [6.45, 7) is 9.94. The summed E-state index contributed by atoms with van der Waals surface area (Å²) in [5.41, 5.74) is 2.50. The van der Waals surface area contributed by atoms with E-state index < -0.39 is 11.6 Å². The molecule has 0 bridgehead atoms. The number of rotatable bonds is 9. The van der Waals surface area contributed by atoms with Gasteiger partial charge in [0.25, 0.3) is 0 Å². The van der Waals surface area contributed by atoms with E-state index in [0.717, 1.165) is 44.6 Å². The molecule has 3 heterocycles. The number of ether oxygens (including phenoxy) is 2. The van der Waals surface area contributed by atoms with Gasteiger partial charge in [0, 0.05) is 63.5 Å². The van der Waals surface area contributed by atoms with Gasteiger partial charge in [-0.05, 0) is 45.0 Å². The Morgan fingerprint density at radius 2 is 1.84 bits per heavy atom. The first-order valence-electron chi connectivity index (χ1n) is 13.0. The fraction of sp³-hybridized carbons (Fsp3) is 0.483. The molecule has 1 amide bonds. The van der Waals surface area contributed by atoms with Crippen LogP contribution in [0.15, 0.2) is 54.8 Å². The molecule has 9 nitrogen and oxygen atoms in total. The maximum absolute atomic E-state index is 12.7. The van der Waals surface area contributed by atoms with E-state index in [9.17, 15) is 9.59 Å². The van der Waals surface area contributed by atoms with Crippen molar-refractivity contribution in [3.05, 3.63) is 71.6 Å². The minimum atomic E-state index is -0.990. The number of carbonyl (C=O) groups excluding carboxylic acids is 1. The normalized spacial score (nSPS) is 18.2. The predicted octanol–water partition coefficient (Wildman–Crippen LogP) is 4.63. The topological polar surface area (TPSA) is 97.1 Å². The SMILES string of the molecule is COC/C=C\C=C/Cc1nn(C(C)(C)C)cc1CN1CCC2(CC1)CN(c1ccc(C(=O)O)cc1)C(=O)O2. The number of aromatic carboxylic acids is 1. The van der Waals surface area contributed by atoms with Crippen molar-refractivity contribution in [3.8, 4) is 0 Å². The van der Waals surface area contributed by atoms with Gasteiger partial charge in [0.15, 0.2) is 0 Å². The molecule has 0 aliphatic carbocycles. The molecule has 1 N–H and O–H groups in total. The van der Waals surface area contributed by atoms with Crippen molar-refractivity contribution >= 4 is 17.7 Å². The minimum Gasteiger partial charge on any atom is -0.478 e. The molecule has 2 aliphatic rings. The molecule has 204 valence electrons. The average Bonchev–Trinajstić information content (AvgIpc) is 3.43. The Labute approximate surface area is 224 Å². The smallest absolute Gasteiger partial charge is 0.415 e. The molecular formula is C29H38N4O5. The highest BCUT2D eigenvalue weighted by Crippen LogP contribution is 2.36. The Kier molecular flexibility index (Phi) is 8.38. The summed E-state index contributed by atoms with van der Waals surface area (Å²) in [6, 6.07) is 6.35. The molecule has 0 atom stereocenters. The van der Waals surface area contributed by atoms with Crippen LogP contribution < -0.4 is 4.90 Å². The fourth-order valence-corrected chi connectivity index (χ4v) is 4.81. The van der Waals surface area contributed by atoms with E-state index in [1.54, 1.807) is 24.1 Å². The number of likely N-dealkylation sites (tertiary alicyclic amines) is 1. The fourth-order valence-electron chi connectivity index (χ4n) is 4.81. The number of hydrogen-bond donors (Lipinski definition) is 1. The van der Waals surface area contributed by atoms with E-state index in [2.05, 4.69) is 37.9 Å². The summed E-state index contributed by atoms with van der Waals surface area (Å²) in [5, 5.41) is 14.0. The number of aromatic nitrogens is 2. The van der Waals surface area contributed by atoms with Crippen molar-refractivity contribution in [1.29, 1.82) is 0 Å². The van der Waals surface area contributed by atoms with Crippen molar-refractivity contribution in [2.24, 2.45) is 0 Å². The molecule has 0 radical (unpaired) electrons. The van der Waals surface area contributed by atoms with E-state index in [1.165, 1.54) is 17.7 Å². The Morgan fingerprint density at radius 1 is 1.16 bits per heavy atom. The van der Waals surface area contributed by atoms with Gasteiger partial charge >= 0.3 is 12.1 Å². The summed E-state index contributed by atoms with van der Waals surface area (Å²) >= 11 is 0. The van der Waals surface area contributed by atoms with Gasteiger partial charge < -0.3 is 14.6 Å². The number of carboxylic acids is 1. The molecular weight excluding hydrogens is 484 g/mol. The highest BCUT2D eigenvalue weighted by molar-refractivity contribution is 5.92. The summed E-state index contributed by atoms with van der Waals surface area (Å²) < 4.78 is 13.0. The third-order valence-corrected chi connectivity index (χ3v) is 7.08. The Morgan fingerprint density at radius 3 is 2.47 bits per heavy atom. The maximum atomic E-state index is 12.7. The van der Waals surface area contributed by atoms with Crippen molar-refractivity contribution in [2.45, 2.75) is 57.7 Å². The molecule has 0 unspecified atom stereocenters. The van der Waals surface area contributed by atoms with E-state index in [1.807, 2.05) is 22.9 Å². The number of benzene rings is 1. The zero-order valence-electron chi connectivity index (χ0n) is 22.7. The van der Waals surface area contributed by atoms with Crippen LogP contribution in [0.1, 0.15) is 55.2 Å². The number of methoxy groups -OCH3 is 1. The molecule has 9 heteroatoms. The lowest BCUT2D eigenvalue weighted by Crippen LogP contribution is -2.46. The number of piperidine rings is 1. The van der Waals surface area contributed by atoms with Gasteiger partial charge in [0.05, 0.1) is 29.9 Å². The standard InChI is InChI=1S/C29H38N4O5/c1-28(2,3)33-20-23(25(30-33)9-7-5-6-8-18-37-4)19-31-16-14-29(15-17-31)21-32(27(36)38-29)24-12-10-22(11-13-24)26(34)35/h5-8,10-13,20H,9,14-19,21H2,1-4H3,(H,34,35)/b7-5-,8-6-. The van der Waals surface area contributed by atoms with Crippen molar-refractivity contribution < 1.29 is 24.2 Å². The third kappa shape index (κ3) is 6.52. The first-order chi connectivity index (χ1) is 18.1. The molecule has 2 saturated heterocycles. The molecule has 2 aliphatic heterocycles. The van der Waals surface area contributed by atoms with Gasteiger partial charge in [-0.1, -0.05) is 24.3 Å². The molecule has 1 aromatic heterocycles. The molecule has 2 fully saturated rings. The van der Waals surface area contributed by atoms with Crippen molar-refractivity contribution in [2.75, 3.05) is 38.3 Å². The second-order valence-electron chi connectivity index (χ2n) is 11.0. The second-order valence-corrected chi connectivity index (χ2v) is 11.0. The van der Waals surface area contributed by atoms with Gasteiger partial charge in [-0.3, -0.25) is 14.5 Å². The van der Waals surface area contributed by atoms with E-state index >= 15 is 0 Å². The zero-order valence-corrected chi connectivity index (χ0v) is 22.7. The van der Waals surface area contributed by atoms with Crippen LogP contribution in [-0.4, -0.2) is 70.8 Å². The van der Waals surface area contributed by atoms with Crippen LogP contribution in [0.5, 0.6) is 0 Å². The first-order valence-corrected chi connectivity index (χ1v) is 13.0. The third-order valence-electron chi connectivity index (χ3n) is 7.08. The number of hydrogen-bond acceptors (Lipinski definition) is 6. The zero-order chi connectivity index (χ0) is 27.3. The summed E-state index contributed by atoms with van der Waals surface area (Å²) in [7, 11) is 1.68. The monoisotopic (exact) mass is 522 g/mol. The van der Waals surface area contributed by atoms with Crippen molar-refractivity contribution in [3.63, 3.8) is 0 Å². The highest BCUT2D eigenvalue weighted by atomic mass is 16.6. The van der Waals surface area contributed by atoms with E-state index in [4.69, 9.17) is 19.7 Å². The number of nitrogens with zero attached hydrogens (tertiary/aromatic N) is 4. The van der Waals surface area contributed by atoms with Gasteiger partial charge in [-0.2, -0.15) is 5.10 Å². The molecule has 1 spiro atoms. The largest absolute Gasteiger partial charge is 0.478 e. The van der Waals surface area contributed by atoms with Crippen LogP contribution in [0.25, 0.3) is 0 Å². The quantitative estimate of drug-likeness (QED) is 0.480. The maximum Gasteiger partial charge on any atom is 0.415 e. The van der Waals surface area contributed by atoms with E-state index in [-0.39, 0.29) is 17.2 Å². The second kappa shape index (κ2) is 11.5. The lowest BCUT2D eigenvalue weighted by molar-refractivity contribution is -0.00102. The summed E-state index contributed by atoms with van der Waals surface area (Å²) in [6.07, 6.45) is 12.1. The Balaban J connectivity index is 1.39. The molecule has 1 aromatic carbocycles. The lowest BCUT2D eigenvalue weighted by Gasteiger charge is -2.37. The number of carbonyl (C=O) groups is 2. The molecule has 0 saturated carbocycles. The minimum absolute atomic E-state index is 0.106. The Hall–Kier alpha value is -3.43. The van der Waals surface area contributed by atoms with Crippen LogP contribution in [0, 0.1) is 0 Å². The van der Waals surface area contributed by atoms with Gasteiger partial charge in [0.2, 0.25) is 0 Å². The van der Waals surface area contributed by atoms with Crippen LogP contribution in [-0.2, 0) is 28.0 Å². The van der Waals surface area contributed by atoms with Crippen LogP contribution in [0.4, 0.5) is 10.5 Å². The first kappa shape index (κ1) is 27.6. The summed E-state index contributed by atoms with van der Waals surface area (Å²) in [5.74, 6) is -0.990. The van der Waals surface area contributed by atoms with Gasteiger partial charge in [-0.15, -0.1) is 0 Å². The lowest BCUT2D eigenvalue weighted by atomic mass is 9.91. The Bertz CT molecular complexity index is 1180. The van der Waals surface area contributed by atoms with Crippen LogP contribution >= 0.6 is 0 Å². The number of carboxylic acid groups (broad SMARTS) is 1. The number of anilines is 1. The summed E-state index contributed by atoms with van der Waals surface area (Å²) in [4.78, 5) is 27.9. The molecule has 2 aromatic rings. The van der Waals surface area contributed by atoms with Crippen molar-refractivity contribution in [1.82, 2.24) is 14.7 Å². The number of allylic oxidation sites excluding steroid dienone is 3. The van der Waals surface area contributed by atoms with Crippen LogP contribution in [0.3, 0.4) is 0 Å². The molecule has 38 heavy (non-hydrogen) atoms.